The van der Waals surface area contributed by atoms with Crippen LogP contribution >= 0.6 is 0 Å². The van der Waals surface area contributed by atoms with Gasteiger partial charge in [-0.2, -0.15) is 0 Å². The zero-order chi connectivity index (χ0) is 14.7. The van der Waals surface area contributed by atoms with Gasteiger partial charge in [-0.1, -0.05) is 0 Å². The molecule has 6 heteroatoms. The predicted octanol–water partition coefficient (Wildman–Crippen LogP) is 1.36. The molecule has 110 valence electrons. The number of amides is 1. The van der Waals surface area contributed by atoms with Crippen LogP contribution in [0.4, 0.5) is 4.79 Å². The van der Waals surface area contributed by atoms with Crippen LogP contribution in [-0.2, 0) is 14.3 Å². The van der Waals surface area contributed by atoms with E-state index in [1.165, 1.54) is 7.11 Å². The molecule has 0 aromatic carbocycles. The maximum Gasteiger partial charge on any atom is 0.408 e. The van der Waals surface area contributed by atoms with E-state index in [2.05, 4.69) is 10.1 Å². The van der Waals surface area contributed by atoms with E-state index in [0.717, 1.165) is 19.3 Å². The minimum Gasteiger partial charge on any atom is -0.467 e. The maximum atomic E-state index is 11.8. The van der Waals surface area contributed by atoms with Crippen molar-refractivity contribution < 1.29 is 24.2 Å². The van der Waals surface area contributed by atoms with Gasteiger partial charge in [-0.05, 0) is 40.0 Å². The van der Waals surface area contributed by atoms with Crippen LogP contribution in [0.1, 0.15) is 46.5 Å². The van der Waals surface area contributed by atoms with Crippen molar-refractivity contribution in [1.82, 2.24) is 5.32 Å². The number of rotatable bonds is 4. The minimum absolute atomic E-state index is 0.152. The Hall–Kier alpha value is -1.30. The van der Waals surface area contributed by atoms with E-state index in [1.54, 1.807) is 20.8 Å². The summed E-state index contributed by atoms with van der Waals surface area (Å²) in [5.74, 6) is -0.683. The third kappa shape index (κ3) is 4.70. The van der Waals surface area contributed by atoms with Gasteiger partial charge in [-0.25, -0.2) is 9.59 Å². The van der Waals surface area contributed by atoms with Crippen LogP contribution < -0.4 is 5.32 Å². The van der Waals surface area contributed by atoms with Gasteiger partial charge < -0.3 is 19.9 Å². The Kier molecular flexibility index (Phi) is 4.79. The normalized spacial score (nSPS) is 19.0. The summed E-state index contributed by atoms with van der Waals surface area (Å²) in [5.41, 5.74) is -1.13. The van der Waals surface area contributed by atoms with Crippen molar-refractivity contribution >= 4 is 12.1 Å². The molecule has 0 radical (unpaired) electrons. The molecule has 1 atom stereocenters. The lowest BCUT2D eigenvalue weighted by atomic mass is 9.73. The lowest BCUT2D eigenvalue weighted by molar-refractivity contribution is -0.152. The van der Waals surface area contributed by atoms with Crippen LogP contribution in [0.5, 0.6) is 0 Å². The number of ether oxygens (including phenoxy) is 2. The van der Waals surface area contributed by atoms with Crippen LogP contribution in [0.25, 0.3) is 0 Å². The fourth-order valence-corrected chi connectivity index (χ4v) is 2.09. The summed E-state index contributed by atoms with van der Waals surface area (Å²) >= 11 is 0. The SMILES string of the molecule is COC(=O)C(O)CC1(NC(=O)OC(C)(C)C)CCC1. The first-order chi connectivity index (χ1) is 8.67. The molecule has 0 saturated heterocycles. The molecule has 1 saturated carbocycles. The first kappa shape index (κ1) is 15.8. The van der Waals surface area contributed by atoms with Crippen LogP contribution in [0.3, 0.4) is 0 Å². The van der Waals surface area contributed by atoms with Crippen LogP contribution in [0.2, 0.25) is 0 Å². The van der Waals surface area contributed by atoms with E-state index in [9.17, 15) is 14.7 Å². The van der Waals surface area contributed by atoms with Crippen LogP contribution in [0.15, 0.2) is 0 Å². The average Bonchev–Trinajstić information content (AvgIpc) is 2.22. The van der Waals surface area contributed by atoms with E-state index >= 15 is 0 Å². The van der Waals surface area contributed by atoms with Crippen molar-refractivity contribution in [2.45, 2.75) is 63.7 Å². The first-order valence-electron chi connectivity index (χ1n) is 6.44. The van der Waals surface area contributed by atoms with Crippen molar-refractivity contribution in [1.29, 1.82) is 0 Å². The number of aliphatic hydroxyl groups excluding tert-OH is 1. The number of nitrogens with one attached hydrogen (secondary N) is 1. The highest BCUT2D eigenvalue weighted by atomic mass is 16.6. The maximum absolute atomic E-state index is 11.8. The van der Waals surface area contributed by atoms with Gasteiger partial charge in [0, 0.05) is 12.0 Å². The van der Waals surface area contributed by atoms with E-state index in [1.807, 2.05) is 0 Å². The zero-order valence-corrected chi connectivity index (χ0v) is 12.0. The van der Waals surface area contributed by atoms with Gasteiger partial charge in [0.1, 0.15) is 5.60 Å². The molecule has 1 aliphatic rings. The molecule has 1 rings (SSSR count). The van der Waals surface area contributed by atoms with Crippen molar-refractivity contribution in [3.05, 3.63) is 0 Å². The Bertz CT molecular complexity index is 343. The summed E-state index contributed by atoms with van der Waals surface area (Å²) in [7, 11) is 1.22. The van der Waals surface area contributed by atoms with Gasteiger partial charge in [0.2, 0.25) is 0 Å². The lowest BCUT2D eigenvalue weighted by Gasteiger charge is -2.43. The van der Waals surface area contributed by atoms with Crippen molar-refractivity contribution in [2.75, 3.05) is 7.11 Å². The number of aliphatic hydroxyl groups is 1. The number of alkyl carbamates (subject to hydrolysis) is 1. The summed E-state index contributed by atoms with van der Waals surface area (Å²) in [6, 6.07) is 0. The molecule has 1 aliphatic carbocycles. The molecule has 0 spiro atoms. The van der Waals surface area contributed by atoms with Gasteiger partial charge in [-0.15, -0.1) is 0 Å². The van der Waals surface area contributed by atoms with E-state index in [4.69, 9.17) is 4.74 Å². The van der Waals surface area contributed by atoms with Gasteiger partial charge in [0.25, 0.3) is 0 Å². The summed E-state index contributed by atoms with van der Waals surface area (Å²) in [5, 5.41) is 12.5. The molecule has 19 heavy (non-hydrogen) atoms. The second-order valence-electron chi connectivity index (χ2n) is 6.00. The van der Waals surface area contributed by atoms with Crippen molar-refractivity contribution in [3.8, 4) is 0 Å². The Balaban J connectivity index is 2.56. The van der Waals surface area contributed by atoms with E-state index < -0.39 is 29.3 Å². The average molecular weight is 273 g/mol. The number of carbonyl (C=O) groups excluding carboxylic acids is 2. The smallest absolute Gasteiger partial charge is 0.408 e. The van der Waals surface area contributed by atoms with Crippen LogP contribution in [-0.4, -0.2) is 41.5 Å². The van der Waals surface area contributed by atoms with Gasteiger partial charge in [0.05, 0.1) is 7.11 Å². The number of hydrogen-bond donors (Lipinski definition) is 2. The largest absolute Gasteiger partial charge is 0.467 e. The fraction of sp³-hybridized carbons (Fsp3) is 0.846. The molecular weight excluding hydrogens is 250 g/mol. The molecule has 0 aromatic rings. The second-order valence-corrected chi connectivity index (χ2v) is 6.00. The third-order valence-electron chi connectivity index (χ3n) is 3.13. The van der Waals surface area contributed by atoms with Crippen LogP contribution in [0, 0.1) is 0 Å². The number of methoxy groups -OCH3 is 1. The highest BCUT2D eigenvalue weighted by molar-refractivity contribution is 5.75. The molecule has 0 aromatic heterocycles. The highest BCUT2D eigenvalue weighted by Crippen LogP contribution is 2.36. The quantitative estimate of drug-likeness (QED) is 0.755. The first-order valence-corrected chi connectivity index (χ1v) is 6.44. The fourth-order valence-electron chi connectivity index (χ4n) is 2.09. The molecule has 0 aliphatic heterocycles. The Morgan fingerprint density at radius 2 is 1.95 bits per heavy atom. The monoisotopic (exact) mass is 273 g/mol. The third-order valence-corrected chi connectivity index (χ3v) is 3.13. The lowest BCUT2D eigenvalue weighted by Crippen LogP contribution is -2.56. The van der Waals surface area contributed by atoms with Gasteiger partial charge in [0.15, 0.2) is 6.10 Å². The number of carbonyl (C=O) groups is 2. The molecule has 1 amide bonds. The standard InChI is InChI=1S/C13H23NO5/c1-12(2,3)19-11(17)14-13(6-5-7-13)8-9(15)10(16)18-4/h9,15H,5-8H2,1-4H3,(H,14,17). The van der Waals surface area contributed by atoms with E-state index in [0.29, 0.717) is 0 Å². The minimum atomic E-state index is -1.22. The molecule has 6 nitrogen and oxygen atoms in total. The number of hydrogen-bond acceptors (Lipinski definition) is 5. The highest BCUT2D eigenvalue weighted by Gasteiger charge is 2.42. The topological polar surface area (TPSA) is 84.9 Å². The molecule has 2 N–H and O–H groups in total. The van der Waals surface area contributed by atoms with Gasteiger partial charge in [-0.3, -0.25) is 0 Å². The zero-order valence-electron chi connectivity index (χ0n) is 12.0. The molecule has 1 unspecified atom stereocenters. The molecule has 0 bridgehead atoms. The predicted molar refractivity (Wildman–Crippen MR) is 68.6 cm³/mol. The van der Waals surface area contributed by atoms with Gasteiger partial charge >= 0.3 is 12.1 Å². The Morgan fingerprint density at radius 3 is 2.32 bits per heavy atom. The molecule has 1 fully saturated rings. The molecule has 0 heterocycles. The Labute approximate surface area is 113 Å². The summed E-state index contributed by atoms with van der Waals surface area (Å²) in [4.78, 5) is 23.0. The van der Waals surface area contributed by atoms with E-state index in [-0.39, 0.29) is 6.42 Å². The summed E-state index contributed by atoms with van der Waals surface area (Å²) in [6.45, 7) is 5.34. The number of esters is 1. The second kappa shape index (κ2) is 5.77. The Morgan fingerprint density at radius 1 is 1.37 bits per heavy atom. The van der Waals surface area contributed by atoms with Crippen molar-refractivity contribution in [3.63, 3.8) is 0 Å². The van der Waals surface area contributed by atoms with Crippen molar-refractivity contribution in [2.24, 2.45) is 0 Å². The molecular formula is C13H23NO5. The summed E-state index contributed by atoms with van der Waals surface area (Å²) < 4.78 is 9.67. The summed E-state index contributed by atoms with van der Waals surface area (Å²) in [6.07, 6.45) is 0.799.